The first-order chi connectivity index (χ1) is 12.2. The topological polar surface area (TPSA) is 84.7 Å². The van der Waals surface area contributed by atoms with Crippen molar-refractivity contribution in [2.75, 3.05) is 26.2 Å². The van der Waals surface area contributed by atoms with Crippen molar-refractivity contribution in [3.05, 3.63) is 17.5 Å². The number of carbonyl (C=O) groups excluding carboxylic acids is 3. The molecule has 0 spiro atoms. The highest BCUT2D eigenvalue weighted by molar-refractivity contribution is 5.97. The van der Waals surface area contributed by atoms with Crippen molar-refractivity contribution in [3.8, 4) is 0 Å². The summed E-state index contributed by atoms with van der Waals surface area (Å²) in [7, 11) is 0. The van der Waals surface area contributed by atoms with Crippen LogP contribution in [0.4, 0.5) is 4.79 Å². The summed E-state index contributed by atoms with van der Waals surface area (Å²) in [5.74, 6) is 0.0636. The number of piperazine rings is 1. The molecule has 0 bridgehead atoms. The molecule has 0 atom stereocenters. The largest absolute Gasteiger partial charge is 0.444 e. The van der Waals surface area contributed by atoms with E-state index in [2.05, 4.69) is 5.10 Å². The van der Waals surface area contributed by atoms with E-state index >= 15 is 0 Å². The van der Waals surface area contributed by atoms with E-state index in [0.717, 1.165) is 18.5 Å². The Bertz CT molecular complexity index is 711. The summed E-state index contributed by atoms with van der Waals surface area (Å²) < 4.78 is 7.02. The van der Waals surface area contributed by atoms with Crippen molar-refractivity contribution >= 4 is 17.8 Å². The fourth-order valence-corrected chi connectivity index (χ4v) is 3.29. The second-order valence-electron chi connectivity index (χ2n) is 7.79. The number of rotatable bonds is 2. The van der Waals surface area contributed by atoms with Crippen LogP contribution in [0.15, 0.2) is 6.20 Å². The average molecular weight is 362 g/mol. The summed E-state index contributed by atoms with van der Waals surface area (Å²) in [5.41, 5.74) is 0.987. The molecule has 8 nitrogen and oxygen atoms in total. The maximum atomic E-state index is 12.6. The molecule has 0 aromatic carbocycles. The van der Waals surface area contributed by atoms with Crippen LogP contribution >= 0.6 is 0 Å². The van der Waals surface area contributed by atoms with E-state index in [1.54, 1.807) is 20.7 Å². The Morgan fingerprint density at radius 1 is 1.12 bits per heavy atom. The fraction of sp³-hybridized carbons (Fsp3) is 0.667. The quantitative estimate of drug-likeness (QED) is 0.796. The summed E-state index contributed by atoms with van der Waals surface area (Å²) in [6, 6.07) is 0. The van der Waals surface area contributed by atoms with E-state index in [1.807, 2.05) is 20.8 Å². The summed E-state index contributed by atoms with van der Waals surface area (Å²) in [6.45, 7) is 7.49. The molecular formula is C18H26N4O4. The molecule has 26 heavy (non-hydrogen) atoms. The van der Waals surface area contributed by atoms with Gasteiger partial charge in [0.1, 0.15) is 12.1 Å². The summed E-state index contributed by atoms with van der Waals surface area (Å²) in [5, 5.41) is 4.23. The first-order valence-corrected chi connectivity index (χ1v) is 9.08. The van der Waals surface area contributed by atoms with Gasteiger partial charge in [-0.3, -0.25) is 14.3 Å². The third-order valence-electron chi connectivity index (χ3n) is 4.64. The highest BCUT2D eigenvalue weighted by atomic mass is 16.6. The molecule has 0 unspecified atom stereocenters. The minimum absolute atomic E-state index is 0.0437. The maximum absolute atomic E-state index is 12.6. The zero-order valence-corrected chi connectivity index (χ0v) is 15.7. The molecular weight excluding hydrogens is 336 g/mol. The Kier molecular flexibility index (Phi) is 5.02. The summed E-state index contributed by atoms with van der Waals surface area (Å²) >= 11 is 0. The number of Topliss-reactive ketones (excluding diaryl/α,β-unsaturated/α-hetero) is 1. The lowest BCUT2D eigenvalue weighted by molar-refractivity contribution is -0.133. The number of nitrogens with zero attached hydrogens (tertiary/aromatic N) is 4. The second-order valence-corrected chi connectivity index (χ2v) is 7.79. The van der Waals surface area contributed by atoms with Crippen LogP contribution in [0.2, 0.25) is 0 Å². The third-order valence-corrected chi connectivity index (χ3v) is 4.64. The van der Waals surface area contributed by atoms with E-state index < -0.39 is 5.60 Å². The van der Waals surface area contributed by atoms with Gasteiger partial charge >= 0.3 is 6.09 Å². The Labute approximate surface area is 153 Å². The molecule has 142 valence electrons. The average Bonchev–Trinajstić information content (AvgIpc) is 2.98. The van der Waals surface area contributed by atoms with Crippen molar-refractivity contribution in [3.63, 3.8) is 0 Å². The number of ether oxygens (including phenoxy) is 1. The van der Waals surface area contributed by atoms with Crippen LogP contribution in [0.5, 0.6) is 0 Å². The molecule has 0 radical (unpaired) electrons. The minimum Gasteiger partial charge on any atom is -0.444 e. The van der Waals surface area contributed by atoms with Crippen LogP contribution in [0, 0.1) is 0 Å². The van der Waals surface area contributed by atoms with Gasteiger partial charge in [0.05, 0.1) is 11.8 Å². The van der Waals surface area contributed by atoms with Crippen molar-refractivity contribution in [1.29, 1.82) is 0 Å². The fourth-order valence-electron chi connectivity index (χ4n) is 3.29. The zero-order chi connectivity index (χ0) is 18.9. The van der Waals surface area contributed by atoms with E-state index in [9.17, 15) is 14.4 Å². The summed E-state index contributed by atoms with van der Waals surface area (Å²) in [4.78, 5) is 39.9. The summed E-state index contributed by atoms with van der Waals surface area (Å²) in [6.07, 6.45) is 3.37. The number of hydrogen-bond donors (Lipinski definition) is 0. The SMILES string of the molecule is CC(C)(C)OC(=O)N1CCN(C(=O)Cn2ncc3c2CCCC3=O)CC1. The lowest BCUT2D eigenvalue weighted by atomic mass is 9.97. The van der Waals surface area contributed by atoms with E-state index in [0.29, 0.717) is 38.2 Å². The van der Waals surface area contributed by atoms with Crippen molar-refractivity contribution in [2.45, 2.75) is 52.2 Å². The zero-order valence-electron chi connectivity index (χ0n) is 15.7. The number of carbonyl (C=O) groups is 3. The number of ketones is 1. The van der Waals surface area contributed by atoms with Gasteiger partial charge in [-0.1, -0.05) is 0 Å². The number of amides is 2. The second kappa shape index (κ2) is 7.09. The minimum atomic E-state index is -0.527. The Balaban J connectivity index is 1.55. The van der Waals surface area contributed by atoms with Crippen molar-refractivity contribution < 1.29 is 19.1 Å². The van der Waals surface area contributed by atoms with Gasteiger partial charge in [-0.25, -0.2) is 4.79 Å². The molecule has 1 aromatic rings. The highest BCUT2D eigenvalue weighted by Gasteiger charge is 2.29. The molecule has 8 heteroatoms. The lowest BCUT2D eigenvalue weighted by Gasteiger charge is -2.35. The molecule has 1 fully saturated rings. The van der Waals surface area contributed by atoms with Crippen LogP contribution in [-0.2, 0) is 22.5 Å². The van der Waals surface area contributed by atoms with Gasteiger partial charge in [0.15, 0.2) is 5.78 Å². The van der Waals surface area contributed by atoms with Crippen molar-refractivity contribution in [1.82, 2.24) is 19.6 Å². The van der Waals surface area contributed by atoms with Gasteiger partial charge in [-0.2, -0.15) is 5.10 Å². The van der Waals surface area contributed by atoms with Crippen LogP contribution in [-0.4, -0.2) is 69.1 Å². The van der Waals surface area contributed by atoms with Gasteiger partial charge in [0.2, 0.25) is 5.91 Å². The van der Waals surface area contributed by atoms with Gasteiger partial charge in [-0.05, 0) is 33.6 Å². The lowest BCUT2D eigenvalue weighted by Crippen LogP contribution is -2.52. The number of aromatic nitrogens is 2. The molecule has 1 aliphatic carbocycles. The van der Waals surface area contributed by atoms with Crippen LogP contribution in [0.25, 0.3) is 0 Å². The van der Waals surface area contributed by atoms with E-state index in [4.69, 9.17) is 4.74 Å². The van der Waals surface area contributed by atoms with Crippen LogP contribution in [0.1, 0.15) is 49.7 Å². The Morgan fingerprint density at radius 2 is 1.77 bits per heavy atom. The maximum Gasteiger partial charge on any atom is 0.410 e. The smallest absolute Gasteiger partial charge is 0.410 e. The molecule has 2 heterocycles. The molecule has 0 saturated carbocycles. The Hall–Kier alpha value is -2.38. The number of fused-ring (bicyclic) bond motifs is 1. The van der Waals surface area contributed by atoms with E-state index in [1.165, 1.54) is 0 Å². The third kappa shape index (κ3) is 4.05. The van der Waals surface area contributed by atoms with Crippen molar-refractivity contribution in [2.24, 2.45) is 0 Å². The standard InChI is InChI=1S/C18H26N4O4/c1-18(2,3)26-17(25)21-9-7-20(8-10-21)16(24)12-22-14-5-4-6-15(23)13(14)11-19-22/h11H,4-10,12H2,1-3H3. The molecule has 2 amide bonds. The van der Waals surface area contributed by atoms with Gasteiger partial charge in [0, 0.05) is 38.3 Å². The normalized spacial score (nSPS) is 17.9. The van der Waals surface area contributed by atoms with Crippen LogP contribution < -0.4 is 0 Å². The molecule has 1 aromatic heterocycles. The molecule has 0 N–H and O–H groups in total. The van der Waals surface area contributed by atoms with Gasteiger partial charge in [-0.15, -0.1) is 0 Å². The first kappa shape index (κ1) is 18.4. The van der Waals surface area contributed by atoms with E-state index in [-0.39, 0.29) is 24.3 Å². The predicted octanol–water partition coefficient (Wildman–Crippen LogP) is 1.48. The van der Waals surface area contributed by atoms with Gasteiger partial charge < -0.3 is 14.5 Å². The predicted molar refractivity (Wildman–Crippen MR) is 93.9 cm³/mol. The highest BCUT2D eigenvalue weighted by Crippen LogP contribution is 2.21. The monoisotopic (exact) mass is 362 g/mol. The number of hydrogen-bond acceptors (Lipinski definition) is 5. The van der Waals surface area contributed by atoms with Gasteiger partial charge in [0.25, 0.3) is 0 Å². The molecule has 1 saturated heterocycles. The molecule has 3 rings (SSSR count). The molecule has 2 aliphatic rings. The first-order valence-electron chi connectivity index (χ1n) is 9.08. The Morgan fingerprint density at radius 3 is 2.42 bits per heavy atom. The van der Waals surface area contributed by atoms with Crippen LogP contribution in [0.3, 0.4) is 0 Å². The molecule has 1 aliphatic heterocycles.